The zero-order chi connectivity index (χ0) is 19.2. The number of carbonyl (C=O) groups excluding carboxylic acids is 1. The molecule has 27 heavy (non-hydrogen) atoms. The molecule has 3 aromatic rings. The average molecular weight is 366 g/mol. The second-order valence-electron chi connectivity index (χ2n) is 6.19. The van der Waals surface area contributed by atoms with Crippen LogP contribution in [0.15, 0.2) is 54.6 Å². The Balaban J connectivity index is 1.59. The van der Waals surface area contributed by atoms with Crippen molar-refractivity contribution in [3.8, 4) is 17.4 Å². The van der Waals surface area contributed by atoms with Crippen LogP contribution in [0.1, 0.15) is 28.4 Å². The number of H-pyrrole nitrogens is 1. The molecule has 0 saturated carbocycles. The van der Waals surface area contributed by atoms with Gasteiger partial charge < -0.3 is 14.7 Å². The highest BCUT2D eigenvalue weighted by Crippen LogP contribution is 2.19. The molecule has 0 unspecified atom stereocenters. The van der Waals surface area contributed by atoms with Gasteiger partial charge in [-0.1, -0.05) is 42.5 Å². The van der Waals surface area contributed by atoms with Crippen LogP contribution in [0.4, 0.5) is 0 Å². The van der Waals surface area contributed by atoms with Gasteiger partial charge in [0, 0.05) is 24.7 Å². The van der Waals surface area contributed by atoms with Gasteiger partial charge in [0.25, 0.3) is 5.91 Å². The van der Waals surface area contributed by atoms with Gasteiger partial charge in [-0.2, -0.15) is 4.98 Å². The van der Waals surface area contributed by atoms with Crippen molar-refractivity contribution in [1.82, 2.24) is 20.1 Å². The Morgan fingerprint density at radius 1 is 1.19 bits per heavy atom. The number of hydrogen-bond acceptors (Lipinski definition) is 5. The van der Waals surface area contributed by atoms with E-state index in [1.807, 2.05) is 30.3 Å². The number of aromatic nitrogens is 3. The number of nitrogens with one attached hydrogen (secondary N) is 1. The second-order valence-corrected chi connectivity index (χ2v) is 6.19. The summed E-state index contributed by atoms with van der Waals surface area (Å²) in [6.07, 6.45) is -0.118. The Morgan fingerprint density at radius 2 is 1.89 bits per heavy atom. The number of hydrogen-bond donors (Lipinski definition) is 2. The molecular formula is C20H22N4O3. The minimum absolute atomic E-state index is 0.100. The summed E-state index contributed by atoms with van der Waals surface area (Å²) in [6.45, 7) is 0.454. The van der Waals surface area contributed by atoms with Crippen LogP contribution in [0.2, 0.25) is 0 Å². The van der Waals surface area contributed by atoms with E-state index in [0.717, 1.165) is 11.1 Å². The van der Waals surface area contributed by atoms with Crippen molar-refractivity contribution >= 4 is 5.91 Å². The largest absolute Gasteiger partial charge is 0.466 e. The van der Waals surface area contributed by atoms with Gasteiger partial charge in [-0.25, -0.2) is 0 Å². The van der Waals surface area contributed by atoms with Crippen LogP contribution >= 0.6 is 0 Å². The van der Waals surface area contributed by atoms with Crippen LogP contribution in [-0.4, -0.2) is 51.8 Å². The van der Waals surface area contributed by atoms with Crippen molar-refractivity contribution in [3.05, 3.63) is 65.7 Å². The maximum absolute atomic E-state index is 12.6. The Bertz CT molecular complexity index is 878. The lowest BCUT2D eigenvalue weighted by molar-refractivity contribution is 0.0761. The first kappa shape index (κ1) is 18.6. The highest BCUT2D eigenvalue weighted by Gasteiger charge is 2.15. The molecule has 0 radical (unpaired) electrons. The van der Waals surface area contributed by atoms with Crippen LogP contribution < -0.4 is 4.74 Å². The van der Waals surface area contributed by atoms with E-state index in [0.29, 0.717) is 24.4 Å². The smallest absolute Gasteiger partial charge is 0.335 e. The van der Waals surface area contributed by atoms with Crippen molar-refractivity contribution in [2.45, 2.75) is 12.5 Å². The molecule has 0 aliphatic carbocycles. The van der Waals surface area contributed by atoms with E-state index in [1.165, 1.54) is 7.11 Å². The molecule has 140 valence electrons. The fraction of sp³-hybridized carbons (Fsp3) is 0.250. The van der Waals surface area contributed by atoms with E-state index >= 15 is 0 Å². The second kappa shape index (κ2) is 8.46. The van der Waals surface area contributed by atoms with Gasteiger partial charge in [-0.05, 0) is 24.1 Å². The van der Waals surface area contributed by atoms with E-state index in [1.54, 1.807) is 36.2 Å². The predicted octanol–water partition coefficient (Wildman–Crippen LogP) is 2.68. The first-order valence-electron chi connectivity index (χ1n) is 8.64. The highest BCUT2D eigenvalue weighted by atomic mass is 16.5. The van der Waals surface area contributed by atoms with Crippen LogP contribution in [0.3, 0.4) is 0 Å². The topological polar surface area (TPSA) is 91.3 Å². The first-order chi connectivity index (χ1) is 13.1. The molecule has 0 spiro atoms. The maximum Gasteiger partial charge on any atom is 0.335 e. The predicted molar refractivity (Wildman–Crippen MR) is 101 cm³/mol. The Kier molecular flexibility index (Phi) is 5.83. The number of benzene rings is 2. The SMILES string of the molecule is COc1n[nH]c(-c2ccc(C(=O)N(C)CC[C@H](O)c3ccccc3)cc2)n1. The zero-order valence-electron chi connectivity index (χ0n) is 15.3. The number of nitrogens with zero attached hydrogens (tertiary/aromatic N) is 3. The summed E-state index contributed by atoms with van der Waals surface area (Å²) >= 11 is 0. The molecule has 0 saturated heterocycles. The highest BCUT2D eigenvalue weighted by molar-refractivity contribution is 5.94. The number of rotatable bonds is 7. The normalized spacial score (nSPS) is 11.8. The number of aromatic amines is 1. The van der Waals surface area contributed by atoms with E-state index in [2.05, 4.69) is 15.2 Å². The molecule has 0 fully saturated rings. The summed E-state index contributed by atoms with van der Waals surface area (Å²) in [5.74, 6) is 0.474. The van der Waals surface area contributed by atoms with Gasteiger partial charge in [0.1, 0.15) is 0 Å². The summed E-state index contributed by atoms with van der Waals surface area (Å²) in [5.41, 5.74) is 2.23. The Hall–Kier alpha value is -3.19. The summed E-state index contributed by atoms with van der Waals surface area (Å²) in [5, 5.41) is 16.9. The van der Waals surface area contributed by atoms with Crippen LogP contribution in [0, 0.1) is 0 Å². The molecular weight excluding hydrogens is 344 g/mol. The van der Waals surface area contributed by atoms with Crippen molar-refractivity contribution < 1.29 is 14.6 Å². The minimum atomic E-state index is -0.592. The number of methoxy groups -OCH3 is 1. The van der Waals surface area contributed by atoms with Gasteiger partial charge in [0.05, 0.1) is 13.2 Å². The van der Waals surface area contributed by atoms with E-state index in [4.69, 9.17) is 4.74 Å². The summed E-state index contributed by atoms with van der Waals surface area (Å²) < 4.78 is 4.95. The number of ether oxygens (including phenoxy) is 1. The quantitative estimate of drug-likeness (QED) is 0.671. The van der Waals surface area contributed by atoms with Gasteiger partial charge in [0.15, 0.2) is 5.82 Å². The lowest BCUT2D eigenvalue weighted by atomic mass is 10.1. The molecule has 0 bridgehead atoms. The zero-order valence-corrected chi connectivity index (χ0v) is 15.3. The van der Waals surface area contributed by atoms with Crippen molar-refractivity contribution in [2.75, 3.05) is 20.7 Å². The number of aliphatic hydroxyl groups excluding tert-OH is 1. The molecule has 7 nitrogen and oxygen atoms in total. The van der Waals surface area contributed by atoms with Crippen LogP contribution in [-0.2, 0) is 0 Å². The third kappa shape index (κ3) is 4.51. The van der Waals surface area contributed by atoms with Gasteiger partial charge >= 0.3 is 6.01 Å². The molecule has 0 aliphatic rings. The fourth-order valence-electron chi connectivity index (χ4n) is 2.72. The summed E-state index contributed by atoms with van der Waals surface area (Å²) in [7, 11) is 3.23. The van der Waals surface area contributed by atoms with Crippen molar-refractivity contribution in [3.63, 3.8) is 0 Å². The lowest BCUT2D eigenvalue weighted by Gasteiger charge is -2.19. The Morgan fingerprint density at radius 3 is 2.52 bits per heavy atom. The molecule has 1 atom stereocenters. The first-order valence-corrected chi connectivity index (χ1v) is 8.64. The molecule has 0 aliphatic heterocycles. The molecule has 1 amide bonds. The molecule has 2 N–H and O–H groups in total. The van der Waals surface area contributed by atoms with Gasteiger partial charge in [-0.15, -0.1) is 5.10 Å². The van der Waals surface area contributed by atoms with E-state index < -0.39 is 6.10 Å². The summed E-state index contributed by atoms with van der Waals surface area (Å²) in [6, 6.07) is 16.8. The third-order valence-electron chi connectivity index (χ3n) is 4.32. The minimum Gasteiger partial charge on any atom is -0.466 e. The number of carbonyl (C=O) groups is 1. The third-order valence-corrected chi connectivity index (χ3v) is 4.32. The van der Waals surface area contributed by atoms with Crippen LogP contribution in [0.25, 0.3) is 11.4 Å². The standard InChI is InChI=1S/C20H22N4O3/c1-24(13-12-17(25)14-6-4-3-5-7-14)19(26)16-10-8-15(9-11-16)18-21-20(27-2)23-22-18/h3-11,17,25H,12-13H2,1-2H3,(H,21,22,23)/t17-/m0/s1. The maximum atomic E-state index is 12.6. The van der Waals surface area contributed by atoms with Crippen LogP contribution in [0.5, 0.6) is 6.01 Å². The van der Waals surface area contributed by atoms with E-state index in [9.17, 15) is 9.90 Å². The van der Waals surface area contributed by atoms with Crippen molar-refractivity contribution in [1.29, 1.82) is 0 Å². The lowest BCUT2D eigenvalue weighted by Crippen LogP contribution is -2.28. The van der Waals surface area contributed by atoms with E-state index in [-0.39, 0.29) is 11.9 Å². The van der Waals surface area contributed by atoms with Crippen molar-refractivity contribution in [2.24, 2.45) is 0 Å². The number of aliphatic hydroxyl groups is 1. The Labute approximate surface area is 157 Å². The fourth-order valence-corrected chi connectivity index (χ4v) is 2.72. The van der Waals surface area contributed by atoms with Gasteiger partial charge in [-0.3, -0.25) is 9.89 Å². The average Bonchev–Trinajstić information content (AvgIpc) is 3.21. The summed E-state index contributed by atoms with van der Waals surface area (Å²) in [4.78, 5) is 18.4. The molecule has 1 aromatic heterocycles. The molecule has 1 heterocycles. The number of amides is 1. The molecule has 7 heteroatoms. The molecule has 3 rings (SSSR count). The monoisotopic (exact) mass is 366 g/mol. The van der Waals surface area contributed by atoms with Gasteiger partial charge in [0.2, 0.25) is 0 Å². The molecule has 2 aromatic carbocycles.